The summed E-state index contributed by atoms with van der Waals surface area (Å²) < 4.78 is 27.5. The van der Waals surface area contributed by atoms with Crippen molar-refractivity contribution >= 4 is 11.4 Å². The number of nitrogens with zero attached hydrogens (tertiary/aromatic N) is 2. The maximum Gasteiger partial charge on any atom is 0.275 e. The molecule has 0 unspecified atom stereocenters. The Morgan fingerprint density at radius 3 is 2.22 bits per heavy atom. The molecule has 0 saturated heterocycles. The lowest BCUT2D eigenvalue weighted by atomic mass is 10.2. The van der Waals surface area contributed by atoms with Crippen molar-refractivity contribution < 1.29 is 18.8 Å². The molecule has 0 atom stereocenters. The summed E-state index contributed by atoms with van der Waals surface area (Å²) in [6, 6.07) is 1.10. The first-order valence-electron chi connectivity index (χ1n) is 5.39. The number of rotatable bonds is 5. The molecule has 0 bridgehead atoms. The van der Waals surface area contributed by atoms with Gasteiger partial charge in [0.15, 0.2) is 11.6 Å². The first-order chi connectivity index (χ1) is 8.38. The maximum absolute atomic E-state index is 13.7. The van der Waals surface area contributed by atoms with Gasteiger partial charge in [-0.3, -0.25) is 10.1 Å². The second kappa shape index (κ2) is 5.72. The molecule has 0 aliphatic rings. The van der Waals surface area contributed by atoms with Crippen LogP contribution >= 0.6 is 0 Å². The van der Waals surface area contributed by atoms with Crippen LogP contribution in [0.25, 0.3) is 0 Å². The first kappa shape index (κ1) is 14.3. The lowest BCUT2D eigenvalue weighted by molar-refractivity contribution is -0.385. The molecule has 100 valence electrons. The standard InChI is InChI=1S/C11H14F2N2O3/c1-7(2)14(3-4-16)11-9(12)5-8(15(17)18)6-10(11)13/h5-7,16H,3-4H2,1-2H3. The van der Waals surface area contributed by atoms with Crippen LogP contribution in [0.1, 0.15) is 13.8 Å². The van der Waals surface area contributed by atoms with E-state index in [1.54, 1.807) is 13.8 Å². The average molecular weight is 260 g/mol. The van der Waals surface area contributed by atoms with Gasteiger partial charge < -0.3 is 10.0 Å². The molecule has 0 fully saturated rings. The van der Waals surface area contributed by atoms with Crippen molar-refractivity contribution in [2.75, 3.05) is 18.1 Å². The molecule has 7 heteroatoms. The number of aliphatic hydroxyl groups excluding tert-OH is 1. The van der Waals surface area contributed by atoms with Crippen molar-refractivity contribution in [3.05, 3.63) is 33.9 Å². The molecule has 0 spiro atoms. The van der Waals surface area contributed by atoms with E-state index in [2.05, 4.69) is 0 Å². The van der Waals surface area contributed by atoms with Crippen molar-refractivity contribution in [1.29, 1.82) is 0 Å². The number of aliphatic hydroxyl groups is 1. The summed E-state index contributed by atoms with van der Waals surface area (Å²) >= 11 is 0. The van der Waals surface area contributed by atoms with Gasteiger partial charge in [-0.25, -0.2) is 8.78 Å². The Balaban J connectivity index is 3.27. The fraction of sp³-hybridized carbons (Fsp3) is 0.455. The summed E-state index contributed by atoms with van der Waals surface area (Å²) in [5, 5.41) is 19.3. The number of nitro benzene ring substituents is 1. The number of hydrogen-bond donors (Lipinski definition) is 1. The van der Waals surface area contributed by atoms with E-state index >= 15 is 0 Å². The van der Waals surface area contributed by atoms with Crippen LogP contribution in [-0.4, -0.2) is 29.2 Å². The Hall–Kier alpha value is -1.76. The van der Waals surface area contributed by atoms with Gasteiger partial charge >= 0.3 is 0 Å². The molecule has 0 saturated carbocycles. The normalized spacial score (nSPS) is 10.8. The van der Waals surface area contributed by atoms with Crippen LogP contribution in [0, 0.1) is 21.7 Å². The Labute approximate surface area is 103 Å². The van der Waals surface area contributed by atoms with E-state index in [-0.39, 0.29) is 24.9 Å². The van der Waals surface area contributed by atoms with E-state index < -0.39 is 22.2 Å². The minimum atomic E-state index is -1.01. The van der Waals surface area contributed by atoms with Crippen molar-refractivity contribution in [3.8, 4) is 0 Å². The quantitative estimate of drug-likeness (QED) is 0.650. The van der Waals surface area contributed by atoms with Crippen LogP contribution in [0.4, 0.5) is 20.2 Å². The summed E-state index contributed by atoms with van der Waals surface area (Å²) in [5.41, 5.74) is -0.994. The van der Waals surface area contributed by atoms with Gasteiger partial charge in [0.2, 0.25) is 0 Å². The van der Waals surface area contributed by atoms with Gasteiger partial charge in [0, 0.05) is 12.6 Å². The van der Waals surface area contributed by atoms with Gasteiger partial charge in [0.25, 0.3) is 5.69 Å². The molecule has 0 aromatic heterocycles. The predicted octanol–water partition coefficient (Wildman–Crippen LogP) is 2.08. The highest BCUT2D eigenvalue weighted by atomic mass is 19.1. The lowest BCUT2D eigenvalue weighted by Gasteiger charge is -2.28. The summed E-state index contributed by atoms with van der Waals surface area (Å²) in [4.78, 5) is 10.9. The van der Waals surface area contributed by atoms with Crippen molar-refractivity contribution in [1.82, 2.24) is 0 Å². The fourth-order valence-corrected chi connectivity index (χ4v) is 1.67. The number of non-ortho nitro benzene ring substituents is 1. The Bertz CT molecular complexity index is 429. The highest BCUT2D eigenvalue weighted by Gasteiger charge is 2.23. The molecule has 1 aromatic rings. The molecule has 0 aliphatic heterocycles. The maximum atomic E-state index is 13.7. The van der Waals surface area contributed by atoms with E-state index in [1.807, 2.05) is 0 Å². The molecule has 18 heavy (non-hydrogen) atoms. The van der Waals surface area contributed by atoms with Crippen molar-refractivity contribution in [3.63, 3.8) is 0 Å². The summed E-state index contributed by atoms with van der Waals surface area (Å²) in [6.45, 7) is 3.18. The lowest BCUT2D eigenvalue weighted by Crippen LogP contribution is -2.34. The molecule has 1 aromatic carbocycles. The van der Waals surface area contributed by atoms with Gasteiger partial charge in [-0.2, -0.15) is 0 Å². The number of nitro groups is 1. The molecule has 5 nitrogen and oxygen atoms in total. The third kappa shape index (κ3) is 2.92. The van der Waals surface area contributed by atoms with Gasteiger partial charge in [-0.05, 0) is 13.8 Å². The predicted molar refractivity (Wildman–Crippen MR) is 62.6 cm³/mol. The van der Waals surface area contributed by atoms with Gasteiger partial charge in [-0.15, -0.1) is 0 Å². The summed E-state index contributed by atoms with van der Waals surface area (Å²) in [5.74, 6) is -2.02. The third-order valence-corrected chi connectivity index (χ3v) is 2.46. The minimum absolute atomic E-state index is 0.0450. The van der Waals surface area contributed by atoms with Crippen LogP contribution in [0.15, 0.2) is 12.1 Å². The number of anilines is 1. The van der Waals surface area contributed by atoms with E-state index in [0.717, 1.165) is 0 Å². The number of hydrogen-bond acceptors (Lipinski definition) is 4. The zero-order valence-electron chi connectivity index (χ0n) is 10.1. The molecule has 1 N–H and O–H groups in total. The summed E-state index contributed by atoms with van der Waals surface area (Å²) in [6.07, 6.45) is 0. The molecule has 1 rings (SSSR count). The monoisotopic (exact) mass is 260 g/mol. The Morgan fingerprint density at radius 1 is 1.39 bits per heavy atom. The topological polar surface area (TPSA) is 66.6 Å². The molecule has 0 heterocycles. The number of benzene rings is 1. The zero-order valence-corrected chi connectivity index (χ0v) is 10.1. The van der Waals surface area contributed by atoms with Gasteiger partial charge in [-0.1, -0.05) is 0 Å². The van der Waals surface area contributed by atoms with E-state index in [9.17, 15) is 18.9 Å². The van der Waals surface area contributed by atoms with Crippen LogP contribution in [0.2, 0.25) is 0 Å². The van der Waals surface area contributed by atoms with Gasteiger partial charge in [0.1, 0.15) is 5.69 Å². The van der Waals surface area contributed by atoms with Crippen LogP contribution < -0.4 is 4.90 Å². The van der Waals surface area contributed by atoms with E-state index in [0.29, 0.717) is 12.1 Å². The number of halogens is 2. The molecule has 0 aliphatic carbocycles. The zero-order chi connectivity index (χ0) is 13.9. The average Bonchev–Trinajstić information content (AvgIpc) is 2.26. The molecular formula is C11H14F2N2O3. The molecular weight excluding hydrogens is 246 g/mol. The SMILES string of the molecule is CC(C)N(CCO)c1c(F)cc([N+](=O)[O-])cc1F. The smallest absolute Gasteiger partial charge is 0.275 e. The van der Waals surface area contributed by atoms with Crippen LogP contribution in [0.5, 0.6) is 0 Å². The Morgan fingerprint density at radius 2 is 1.89 bits per heavy atom. The first-order valence-corrected chi connectivity index (χ1v) is 5.39. The highest BCUT2D eigenvalue weighted by Crippen LogP contribution is 2.29. The van der Waals surface area contributed by atoms with E-state index in [4.69, 9.17) is 5.11 Å². The second-order valence-corrected chi connectivity index (χ2v) is 4.03. The van der Waals surface area contributed by atoms with Crippen molar-refractivity contribution in [2.45, 2.75) is 19.9 Å². The fourth-order valence-electron chi connectivity index (χ4n) is 1.67. The summed E-state index contributed by atoms with van der Waals surface area (Å²) in [7, 11) is 0. The van der Waals surface area contributed by atoms with Crippen LogP contribution in [0.3, 0.4) is 0 Å². The third-order valence-electron chi connectivity index (χ3n) is 2.46. The van der Waals surface area contributed by atoms with Crippen LogP contribution in [-0.2, 0) is 0 Å². The molecule has 0 radical (unpaired) electrons. The largest absolute Gasteiger partial charge is 0.395 e. The van der Waals surface area contributed by atoms with Gasteiger partial charge in [0.05, 0.1) is 23.7 Å². The Kier molecular flexibility index (Phi) is 4.55. The minimum Gasteiger partial charge on any atom is -0.395 e. The molecule has 0 amide bonds. The second-order valence-electron chi connectivity index (χ2n) is 4.03. The highest BCUT2D eigenvalue weighted by molar-refractivity contribution is 5.54. The van der Waals surface area contributed by atoms with E-state index in [1.165, 1.54) is 4.90 Å². The van der Waals surface area contributed by atoms with Crippen molar-refractivity contribution in [2.24, 2.45) is 0 Å².